The number of hydrogen-bond acceptors (Lipinski definition) is 4. The molecular weight excluding hydrogens is 569 g/mol. The van der Waals surface area contributed by atoms with Gasteiger partial charge in [-0.25, -0.2) is 8.42 Å². The molecule has 214 valence electrons. The molecule has 3 rings (SSSR count). The first kappa shape index (κ1) is 31.5. The van der Waals surface area contributed by atoms with Gasteiger partial charge in [-0.15, -0.1) is 0 Å². The van der Waals surface area contributed by atoms with Crippen molar-refractivity contribution in [3.63, 3.8) is 0 Å². The zero-order chi connectivity index (χ0) is 29.8. The predicted molar refractivity (Wildman–Crippen MR) is 161 cm³/mol. The summed E-state index contributed by atoms with van der Waals surface area (Å²) in [7, 11) is -4.17. The number of aryl methyl sites for hydroxylation is 2. The monoisotopic (exact) mass is 603 g/mol. The molecule has 7 nitrogen and oxygen atoms in total. The number of carbonyl (C=O) groups excluding carboxylic acids is 2. The van der Waals surface area contributed by atoms with E-state index in [1.54, 1.807) is 68.4 Å². The van der Waals surface area contributed by atoms with Crippen LogP contribution in [0.15, 0.2) is 71.6 Å². The van der Waals surface area contributed by atoms with Gasteiger partial charge in [-0.3, -0.25) is 13.9 Å². The third kappa shape index (κ3) is 7.77. The van der Waals surface area contributed by atoms with Crippen molar-refractivity contribution in [2.24, 2.45) is 0 Å². The first-order chi connectivity index (χ1) is 18.6. The van der Waals surface area contributed by atoms with E-state index in [4.69, 9.17) is 23.2 Å². The van der Waals surface area contributed by atoms with E-state index in [1.165, 1.54) is 17.0 Å². The molecular formula is C30H35Cl2N3O4S. The number of amides is 2. The van der Waals surface area contributed by atoms with Gasteiger partial charge >= 0.3 is 0 Å². The van der Waals surface area contributed by atoms with Crippen LogP contribution in [0, 0.1) is 13.8 Å². The molecule has 1 unspecified atom stereocenters. The van der Waals surface area contributed by atoms with Gasteiger partial charge in [-0.2, -0.15) is 0 Å². The standard InChI is InChI=1S/C30H35Cl2N3O4S/c1-20-11-14-25(15-12-20)40(38,39)35(27-16-13-24(31)17-21(27)2)19-28(36)34(18-23-9-7-8-10-26(23)32)22(3)29(37)33-30(4,5)6/h7-17,22H,18-19H2,1-6H3,(H,33,37). The summed E-state index contributed by atoms with van der Waals surface area (Å²) < 4.78 is 29.0. The van der Waals surface area contributed by atoms with Crippen LogP contribution in [-0.4, -0.2) is 43.3 Å². The molecule has 0 heterocycles. The molecule has 0 saturated heterocycles. The van der Waals surface area contributed by atoms with Crippen LogP contribution in [0.25, 0.3) is 0 Å². The molecule has 0 aromatic heterocycles. The maximum absolute atomic E-state index is 14.0. The number of nitrogens with one attached hydrogen (secondary N) is 1. The molecule has 0 aliphatic heterocycles. The van der Waals surface area contributed by atoms with Crippen LogP contribution in [-0.2, 0) is 26.2 Å². The van der Waals surface area contributed by atoms with E-state index in [0.717, 1.165) is 9.87 Å². The summed E-state index contributed by atoms with van der Waals surface area (Å²) in [5, 5.41) is 3.77. The first-order valence-corrected chi connectivity index (χ1v) is 15.0. The van der Waals surface area contributed by atoms with Gasteiger partial charge in [0.1, 0.15) is 12.6 Å². The topological polar surface area (TPSA) is 86.8 Å². The maximum atomic E-state index is 14.0. The van der Waals surface area contributed by atoms with Crippen LogP contribution in [0.4, 0.5) is 5.69 Å². The largest absolute Gasteiger partial charge is 0.350 e. The number of nitrogens with zero attached hydrogens (tertiary/aromatic N) is 2. The van der Waals surface area contributed by atoms with Crippen LogP contribution in [0.5, 0.6) is 0 Å². The van der Waals surface area contributed by atoms with Crippen molar-refractivity contribution in [1.29, 1.82) is 0 Å². The molecule has 0 aliphatic carbocycles. The summed E-state index contributed by atoms with van der Waals surface area (Å²) in [5.74, 6) is -0.940. The molecule has 2 amide bonds. The highest BCUT2D eigenvalue weighted by atomic mass is 35.5. The maximum Gasteiger partial charge on any atom is 0.264 e. The highest BCUT2D eigenvalue weighted by Gasteiger charge is 2.34. The Morgan fingerprint density at radius 2 is 1.57 bits per heavy atom. The Bertz CT molecular complexity index is 1490. The summed E-state index contributed by atoms with van der Waals surface area (Å²) in [5.41, 5.74) is 1.87. The molecule has 1 N–H and O–H groups in total. The number of anilines is 1. The minimum absolute atomic E-state index is 0.00918. The Hall–Kier alpha value is -3.07. The molecule has 3 aromatic carbocycles. The molecule has 0 fully saturated rings. The highest BCUT2D eigenvalue weighted by molar-refractivity contribution is 7.92. The van der Waals surface area contributed by atoms with Crippen LogP contribution >= 0.6 is 23.2 Å². The third-order valence-corrected chi connectivity index (χ3v) is 8.66. The van der Waals surface area contributed by atoms with Gasteiger partial charge in [0, 0.05) is 22.1 Å². The fourth-order valence-corrected chi connectivity index (χ4v) is 6.02. The molecule has 40 heavy (non-hydrogen) atoms. The Morgan fingerprint density at radius 3 is 2.15 bits per heavy atom. The van der Waals surface area contributed by atoms with E-state index in [9.17, 15) is 18.0 Å². The molecule has 0 radical (unpaired) electrons. The van der Waals surface area contributed by atoms with Crippen LogP contribution in [0.3, 0.4) is 0 Å². The second-order valence-electron chi connectivity index (χ2n) is 10.8. The lowest BCUT2D eigenvalue weighted by molar-refractivity contribution is -0.140. The zero-order valence-electron chi connectivity index (χ0n) is 23.5. The van der Waals surface area contributed by atoms with Crippen molar-refractivity contribution in [1.82, 2.24) is 10.2 Å². The molecule has 0 aliphatic rings. The van der Waals surface area contributed by atoms with Gasteiger partial charge in [0.2, 0.25) is 11.8 Å². The molecule has 1 atom stereocenters. The van der Waals surface area contributed by atoms with Crippen molar-refractivity contribution in [2.45, 2.75) is 64.6 Å². The number of rotatable bonds is 9. The molecule has 0 saturated carbocycles. The van der Waals surface area contributed by atoms with E-state index in [1.807, 2.05) is 27.7 Å². The molecule has 10 heteroatoms. The fraction of sp³-hybridized carbons (Fsp3) is 0.333. The smallest absolute Gasteiger partial charge is 0.264 e. The third-order valence-electron chi connectivity index (χ3n) is 6.28. The average Bonchev–Trinajstić information content (AvgIpc) is 2.86. The Labute approximate surface area is 247 Å². The van der Waals surface area contributed by atoms with E-state index < -0.39 is 34.1 Å². The lowest BCUT2D eigenvalue weighted by Gasteiger charge is -2.34. The summed E-state index contributed by atoms with van der Waals surface area (Å²) in [6.45, 7) is 10.2. The van der Waals surface area contributed by atoms with Gasteiger partial charge in [-0.1, -0.05) is 59.1 Å². The quantitative estimate of drug-likeness (QED) is 0.318. The van der Waals surface area contributed by atoms with Crippen LogP contribution < -0.4 is 9.62 Å². The number of benzene rings is 3. The van der Waals surface area contributed by atoms with Gasteiger partial charge < -0.3 is 10.2 Å². The van der Waals surface area contributed by atoms with Crippen LogP contribution in [0.1, 0.15) is 44.4 Å². The average molecular weight is 605 g/mol. The number of sulfonamides is 1. The normalized spacial score (nSPS) is 12.5. The number of hydrogen-bond donors (Lipinski definition) is 1. The molecule has 0 bridgehead atoms. The Morgan fingerprint density at radius 1 is 0.950 bits per heavy atom. The van der Waals surface area contributed by atoms with Gasteiger partial charge in [0.25, 0.3) is 10.0 Å². The number of halogens is 2. The van der Waals surface area contributed by atoms with Crippen molar-refractivity contribution in [3.05, 3.63) is 93.5 Å². The van der Waals surface area contributed by atoms with Crippen LogP contribution in [0.2, 0.25) is 10.0 Å². The summed E-state index contributed by atoms with van der Waals surface area (Å²) in [4.78, 5) is 28.6. The minimum Gasteiger partial charge on any atom is -0.350 e. The highest BCUT2D eigenvalue weighted by Crippen LogP contribution is 2.30. The van der Waals surface area contributed by atoms with E-state index >= 15 is 0 Å². The lowest BCUT2D eigenvalue weighted by atomic mass is 10.1. The van der Waals surface area contributed by atoms with Crippen molar-refractivity contribution in [3.8, 4) is 0 Å². The number of carbonyl (C=O) groups is 2. The van der Waals surface area contributed by atoms with Crippen molar-refractivity contribution in [2.75, 3.05) is 10.8 Å². The van der Waals surface area contributed by atoms with Gasteiger partial charge in [0.05, 0.1) is 10.6 Å². The van der Waals surface area contributed by atoms with Crippen molar-refractivity contribution >= 4 is 50.7 Å². The summed E-state index contributed by atoms with van der Waals surface area (Å²) in [6, 6.07) is 17.3. The second-order valence-corrected chi connectivity index (χ2v) is 13.5. The SMILES string of the molecule is Cc1ccc(S(=O)(=O)N(CC(=O)N(Cc2ccccc2Cl)C(C)C(=O)NC(C)(C)C)c2ccc(Cl)cc2C)cc1. The van der Waals surface area contributed by atoms with Gasteiger partial charge in [0.15, 0.2) is 0 Å². The van der Waals surface area contributed by atoms with E-state index in [0.29, 0.717) is 26.9 Å². The fourth-order valence-electron chi connectivity index (χ4n) is 4.12. The molecule has 0 spiro atoms. The predicted octanol–water partition coefficient (Wildman–Crippen LogP) is 6.14. The first-order valence-electron chi connectivity index (χ1n) is 12.8. The minimum atomic E-state index is -4.17. The van der Waals surface area contributed by atoms with Crippen molar-refractivity contribution < 1.29 is 18.0 Å². The zero-order valence-corrected chi connectivity index (χ0v) is 25.9. The van der Waals surface area contributed by atoms with Gasteiger partial charge in [-0.05, 0) is 89.1 Å². The summed E-state index contributed by atoms with van der Waals surface area (Å²) in [6.07, 6.45) is 0. The molecule has 3 aromatic rings. The van der Waals surface area contributed by atoms with E-state index in [-0.39, 0.29) is 17.3 Å². The Balaban J connectivity index is 2.08. The Kier molecular flexibility index (Phi) is 9.93. The lowest BCUT2D eigenvalue weighted by Crippen LogP contribution is -2.54. The summed E-state index contributed by atoms with van der Waals surface area (Å²) >= 11 is 12.6. The van der Waals surface area contributed by atoms with E-state index in [2.05, 4.69) is 5.32 Å². The second kappa shape index (κ2) is 12.6.